The monoisotopic (exact) mass is 267 g/mol. The highest BCUT2D eigenvalue weighted by atomic mass is 35.5. The SMILES string of the molecule is CCOC(=O)Cc1cncc(Cl)c1C(F)(F)F. The van der Waals surface area contributed by atoms with Crippen molar-refractivity contribution in [2.45, 2.75) is 19.5 Å². The van der Waals surface area contributed by atoms with Gasteiger partial charge in [-0.25, -0.2) is 0 Å². The number of aromatic nitrogens is 1. The average Bonchev–Trinajstić information content (AvgIpc) is 2.15. The van der Waals surface area contributed by atoms with Gasteiger partial charge in [0, 0.05) is 12.4 Å². The number of esters is 1. The summed E-state index contributed by atoms with van der Waals surface area (Å²) < 4.78 is 42.6. The van der Waals surface area contributed by atoms with Gasteiger partial charge in [-0.3, -0.25) is 9.78 Å². The number of nitrogens with zero attached hydrogens (tertiary/aromatic N) is 1. The molecular formula is C10H9ClF3NO2. The standard InChI is InChI=1S/C10H9ClF3NO2/c1-2-17-8(16)3-6-4-15-5-7(11)9(6)10(12,13)14/h4-5H,2-3H2,1H3. The van der Waals surface area contributed by atoms with E-state index in [9.17, 15) is 18.0 Å². The molecule has 0 aliphatic rings. The van der Waals surface area contributed by atoms with Crippen molar-refractivity contribution in [1.82, 2.24) is 4.98 Å². The van der Waals surface area contributed by atoms with Crippen LogP contribution in [-0.4, -0.2) is 17.6 Å². The molecular weight excluding hydrogens is 259 g/mol. The zero-order valence-electron chi connectivity index (χ0n) is 8.84. The Morgan fingerprint density at radius 1 is 1.47 bits per heavy atom. The second-order valence-corrected chi connectivity index (χ2v) is 3.54. The summed E-state index contributed by atoms with van der Waals surface area (Å²) in [5.74, 6) is -0.748. The molecule has 0 aromatic carbocycles. The van der Waals surface area contributed by atoms with Crippen LogP contribution >= 0.6 is 11.6 Å². The Morgan fingerprint density at radius 2 is 2.12 bits per heavy atom. The molecule has 0 radical (unpaired) electrons. The number of rotatable bonds is 3. The molecule has 0 saturated heterocycles. The van der Waals surface area contributed by atoms with E-state index in [1.54, 1.807) is 6.92 Å². The molecule has 0 amide bonds. The highest BCUT2D eigenvalue weighted by Crippen LogP contribution is 2.36. The van der Waals surface area contributed by atoms with Gasteiger partial charge in [-0.2, -0.15) is 13.2 Å². The highest BCUT2D eigenvalue weighted by molar-refractivity contribution is 6.31. The number of carbonyl (C=O) groups excluding carboxylic acids is 1. The predicted molar refractivity (Wildman–Crippen MR) is 54.6 cm³/mol. The van der Waals surface area contributed by atoms with Crippen LogP contribution in [0.4, 0.5) is 13.2 Å². The summed E-state index contributed by atoms with van der Waals surface area (Å²) in [4.78, 5) is 14.7. The van der Waals surface area contributed by atoms with E-state index in [0.717, 1.165) is 12.4 Å². The second-order valence-electron chi connectivity index (χ2n) is 3.14. The Labute approximate surface area is 101 Å². The minimum atomic E-state index is -4.62. The summed E-state index contributed by atoms with van der Waals surface area (Å²) in [7, 11) is 0. The molecule has 0 N–H and O–H groups in total. The third-order valence-corrected chi connectivity index (χ3v) is 2.19. The molecule has 17 heavy (non-hydrogen) atoms. The van der Waals surface area contributed by atoms with Gasteiger partial charge in [0.05, 0.1) is 23.6 Å². The van der Waals surface area contributed by atoms with E-state index in [4.69, 9.17) is 11.6 Å². The third kappa shape index (κ3) is 3.59. The Hall–Kier alpha value is -1.30. The van der Waals surface area contributed by atoms with E-state index in [0.29, 0.717) is 0 Å². The van der Waals surface area contributed by atoms with Crippen LogP contribution < -0.4 is 0 Å². The first-order valence-corrected chi connectivity index (χ1v) is 5.09. The van der Waals surface area contributed by atoms with Gasteiger partial charge in [0.2, 0.25) is 0 Å². The number of alkyl halides is 3. The first-order valence-electron chi connectivity index (χ1n) is 4.71. The first kappa shape index (κ1) is 13.8. The summed E-state index contributed by atoms with van der Waals surface area (Å²) in [5, 5.41) is -0.528. The lowest BCUT2D eigenvalue weighted by atomic mass is 10.1. The zero-order chi connectivity index (χ0) is 13.1. The van der Waals surface area contributed by atoms with Gasteiger partial charge < -0.3 is 4.74 Å². The number of hydrogen-bond acceptors (Lipinski definition) is 3. The van der Waals surface area contributed by atoms with Crippen LogP contribution in [0.3, 0.4) is 0 Å². The van der Waals surface area contributed by atoms with E-state index in [1.807, 2.05) is 0 Å². The smallest absolute Gasteiger partial charge is 0.418 e. The molecule has 0 bridgehead atoms. The van der Waals surface area contributed by atoms with Crippen molar-refractivity contribution in [2.75, 3.05) is 6.61 Å². The molecule has 0 unspecified atom stereocenters. The highest BCUT2D eigenvalue weighted by Gasteiger charge is 2.36. The molecule has 1 aromatic rings. The van der Waals surface area contributed by atoms with Crippen LogP contribution in [0.1, 0.15) is 18.1 Å². The molecule has 3 nitrogen and oxygen atoms in total. The maximum Gasteiger partial charge on any atom is 0.418 e. The van der Waals surface area contributed by atoms with Gasteiger partial charge in [-0.15, -0.1) is 0 Å². The molecule has 0 atom stereocenters. The zero-order valence-corrected chi connectivity index (χ0v) is 9.60. The Morgan fingerprint density at radius 3 is 2.65 bits per heavy atom. The van der Waals surface area contributed by atoms with Crippen molar-refractivity contribution < 1.29 is 22.7 Å². The molecule has 7 heteroatoms. The van der Waals surface area contributed by atoms with E-state index in [-0.39, 0.29) is 12.2 Å². The number of halogens is 4. The number of hydrogen-bond donors (Lipinski definition) is 0. The van der Waals surface area contributed by atoms with Crippen molar-refractivity contribution in [3.8, 4) is 0 Å². The summed E-state index contributed by atoms with van der Waals surface area (Å²) in [5.41, 5.74) is -1.33. The maximum absolute atomic E-state index is 12.7. The van der Waals surface area contributed by atoms with Gasteiger partial charge in [0.15, 0.2) is 0 Å². The third-order valence-electron chi connectivity index (χ3n) is 1.90. The molecule has 1 heterocycles. The topological polar surface area (TPSA) is 39.2 Å². The molecule has 1 aromatic heterocycles. The summed E-state index contributed by atoms with van der Waals surface area (Å²) in [6.07, 6.45) is -3.28. The molecule has 0 aliphatic carbocycles. The fourth-order valence-electron chi connectivity index (χ4n) is 1.29. The van der Waals surface area contributed by atoms with Crippen LogP contribution in [0.5, 0.6) is 0 Å². The fraction of sp³-hybridized carbons (Fsp3) is 0.400. The largest absolute Gasteiger partial charge is 0.466 e. The number of carbonyl (C=O) groups is 1. The normalized spacial score (nSPS) is 11.4. The second kappa shape index (κ2) is 5.35. The van der Waals surface area contributed by atoms with Crippen molar-refractivity contribution in [2.24, 2.45) is 0 Å². The van der Waals surface area contributed by atoms with Crippen LogP contribution in [-0.2, 0) is 22.1 Å². The van der Waals surface area contributed by atoms with Crippen LogP contribution in [0.25, 0.3) is 0 Å². The van der Waals surface area contributed by atoms with E-state index in [2.05, 4.69) is 9.72 Å². The van der Waals surface area contributed by atoms with Crippen molar-refractivity contribution >= 4 is 17.6 Å². The van der Waals surface area contributed by atoms with Crippen LogP contribution in [0.15, 0.2) is 12.4 Å². The summed E-state index contributed by atoms with van der Waals surface area (Å²) >= 11 is 5.44. The Kier molecular flexibility index (Phi) is 4.34. The molecule has 0 spiro atoms. The molecule has 0 aliphatic heterocycles. The van der Waals surface area contributed by atoms with Gasteiger partial charge in [-0.05, 0) is 12.5 Å². The van der Waals surface area contributed by atoms with Crippen molar-refractivity contribution in [1.29, 1.82) is 0 Å². The van der Waals surface area contributed by atoms with E-state index < -0.39 is 29.2 Å². The number of pyridine rings is 1. The lowest BCUT2D eigenvalue weighted by Gasteiger charge is -2.13. The lowest BCUT2D eigenvalue weighted by molar-refractivity contribution is -0.143. The number of ether oxygens (including phenoxy) is 1. The lowest BCUT2D eigenvalue weighted by Crippen LogP contribution is -2.15. The Bertz CT molecular complexity index is 421. The quantitative estimate of drug-likeness (QED) is 0.791. The minimum Gasteiger partial charge on any atom is -0.466 e. The van der Waals surface area contributed by atoms with E-state index in [1.165, 1.54) is 0 Å². The van der Waals surface area contributed by atoms with Crippen molar-refractivity contribution in [3.05, 3.63) is 28.5 Å². The Balaban J connectivity index is 3.08. The molecule has 0 saturated carbocycles. The summed E-state index contributed by atoms with van der Waals surface area (Å²) in [6.45, 7) is 1.67. The fourth-order valence-corrected chi connectivity index (χ4v) is 1.58. The van der Waals surface area contributed by atoms with Gasteiger partial charge in [-0.1, -0.05) is 11.6 Å². The molecule has 0 fully saturated rings. The van der Waals surface area contributed by atoms with Gasteiger partial charge >= 0.3 is 12.1 Å². The van der Waals surface area contributed by atoms with Gasteiger partial charge in [0.1, 0.15) is 0 Å². The molecule has 94 valence electrons. The van der Waals surface area contributed by atoms with Gasteiger partial charge in [0.25, 0.3) is 0 Å². The molecule has 1 rings (SSSR count). The van der Waals surface area contributed by atoms with E-state index >= 15 is 0 Å². The first-order chi connectivity index (χ1) is 7.86. The maximum atomic E-state index is 12.7. The predicted octanol–water partition coefficient (Wildman–Crippen LogP) is 2.86. The minimum absolute atomic E-state index is 0.105. The van der Waals surface area contributed by atoms with Crippen LogP contribution in [0, 0.1) is 0 Å². The summed E-state index contributed by atoms with van der Waals surface area (Å²) in [6, 6.07) is 0. The van der Waals surface area contributed by atoms with Crippen molar-refractivity contribution in [3.63, 3.8) is 0 Å². The van der Waals surface area contributed by atoms with Crippen LogP contribution in [0.2, 0.25) is 5.02 Å². The average molecular weight is 268 g/mol.